The maximum Gasteiger partial charge on any atom is 0.259 e. The highest BCUT2D eigenvalue weighted by Gasteiger charge is 2.14. The number of carbonyl (C=O) groups excluding carboxylic acids is 1. The molecule has 1 aliphatic rings. The molecule has 1 fully saturated rings. The number of nitrogens with one attached hydrogen (secondary N) is 2. The summed E-state index contributed by atoms with van der Waals surface area (Å²) < 4.78 is 5.29. The second-order valence-electron chi connectivity index (χ2n) is 3.73. The van der Waals surface area contributed by atoms with Crippen LogP contribution in [0, 0.1) is 0 Å². The second kappa shape index (κ2) is 6.55. The molecule has 0 aliphatic carbocycles. The number of carbonyl (C=O) groups is 1. The van der Waals surface area contributed by atoms with E-state index in [9.17, 15) is 4.79 Å². The van der Waals surface area contributed by atoms with Crippen LogP contribution in [0.15, 0.2) is 11.6 Å². The molecule has 5 nitrogen and oxygen atoms in total. The molecule has 86 valence electrons. The third-order valence-corrected chi connectivity index (χ3v) is 1.92. The van der Waals surface area contributed by atoms with Crippen LogP contribution < -0.4 is 11.0 Å². The molecule has 1 aliphatic heterocycles. The zero-order chi connectivity index (χ0) is 11.1. The van der Waals surface area contributed by atoms with Crippen LogP contribution in [0.25, 0.3) is 0 Å². The van der Waals surface area contributed by atoms with Gasteiger partial charge in [-0.05, 0) is 26.7 Å². The molecule has 0 bridgehead atoms. The molecule has 0 aromatic carbocycles. The zero-order valence-electron chi connectivity index (χ0n) is 9.21. The summed E-state index contributed by atoms with van der Waals surface area (Å²) in [6, 6.07) is 0. The molecule has 2 N–H and O–H groups in total. The molecule has 0 radical (unpaired) electrons. The fraction of sp³-hybridized carbons (Fsp3) is 0.700. The van der Waals surface area contributed by atoms with Crippen molar-refractivity contribution in [2.75, 3.05) is 6.61 Å². The van der Waals surface area contributed by atoms with Crippen molar-refractivity contribution in [3.8, 4) is 0 Å². The number of ether oxygens (including phenoxy) is 1. The molecule has 1 saturated heterocycles. The Balaban J connectivity index is 2.10. The lowest BCUT2D eigenvalue weighted by atomic mass is 10.2. The summed E-state index contributed by atoms with van der Waals surface area (Å²) in [4.78, 5) is 16.2. The largest absolute Gasteiger partial charge is 0.351 e. The molecule has 1 atom stereocenters. The Kier molecular flexibility index (Phi) is 5.31. The Morgan fingerprint density at radius 1 is 1.47 bits per heavy atom. The van der Waals surface area contributed by atoms with E-state index in [1.165, 1.54) is 6.08 Å². The van der Waals surface area contributed by atoms with Crippen molar-refractivity contribution in [1.29, 1.82) is 0 Å². The number of rotatable bonds is 4. The monoisotopic (exact) mass is 214 g/mol. The molecular weight excluding hydrogens is 196 g/mol. The molecule has 0 saturated carbocycles. The SMILES string of the molecule is CC(C)=CC(=O)NNOC1CCCCO1. The van der Waals surface area contributed by atoms with Gasteiger partial charge in [-0.2, -0.15) is 0 Å². The van der Waals surface area contributed by atoms with Crippen molar-refractivity contribution in [2.45, 2.75) is 39.4 Å². The summed E-state index contributed by atoms with van der Waals surface area (Å²) in [6.07, 6.45) is 4.24. The Bertz CT molecular complexity index is 231. The van der Waals surface area contributed by atoms with Crippen molar-refractivity contribution in [3.05, 3.63) is 11.6 Å². The highest BCUT2D eigenvalue weighted by molar-refractivity contribution is 5.87. The smallest absolute Gasteiger partial charge is 0.259 e. The van der Waals surface area contributed by atoms with E-state index in [2.05, 4.69) is 11.0 Å². The average molecular weight is 214 g/mol. The summed E-state index contributed by atoms with van der Waals surface area (Å²) in [5.41, 5.74) is 5.72. The van der Waals surface area contributed by atoms with E-state index >= 15 is 0 Å². The lowest BCUT2D eigenvalue weighted by Crippen LogP contribution is -2.40. The number of hydrogen-bond acceptors (Lipinski definition) is 4. The first kappa shape index (κ1) is 12.2. The summed E-state index contributed by atoms with van der Waals surface area (Å²) in [6.45, 7) is 4.42. The van der Waals surface area contributed by atoms with E-state index < -0.39 is 0 Å². The van der Waals surface area contributed by atoms with Gasteiger partial charge < -0.3 is 4.74 Å². The van der Waals surface area contributed by atoms with Gasteiger partial charge >= 0.3 is 0 Å². The van der Waals surface area contributed by atoms with Crippen LogP contribution >= 0.6 is 0 Å². The van der Waals surface area contributed by atoms with Gasteiger partial charge in [0, 0.05) is 19.1 Å². The van der Waals surface area contributed by atoms with E-state index in [0.717, 1.165) is 24.8 Å². The molecule has 15 heavy (non-hydrogen) atoms. The van der Waals surface area contributed by atoms with Crippen LogP contribution in [-0.4, -0.2) is 18.8 Å². The quantitative estimate of drug-likeness (QED) is 0.542. The molecule has 0 aromatic heterocycles. The fourth-order valence-electron chi connectivity index (χ4n) is 1.25. The van der Waals surface area contributed by atoms with Crippen molar-refractivity contribution < 1.29 is 14.4 Å². The van der Waals surface area contributed by atoms with E-state index in [1.54, 1.807) is 0 Å². The van der Waals surface area contributed by atoms with Crippen molar-refractivity contribution in [3.63, 3.8) is 0 Å². The lowest BCUT2D eigenvalue weighted by molar-refractivity contribution is -0.205. The Hall–Kier alpha value is -0.910. The third kappa shape index (κ3) is 5.51. The van der Waals surface area contributed by atoms with Gasteiger partial charge in [0.05, 0.1) is 0 Å². The van der Waals surface area contributed by atoms with E-state index in [4.69, 9.17) is 9.57 Å². The molecule has 1 heterocycles. The predicted molar refractivity (Wildman–Crippen MR) is 55.4 cm³/mol. The fourth-order valence-corrected chi connectivity index (χ4v) is 1.25. The van der Waals surface area contributed by atoms with Crippen LogP contribution in [0.5, 0.6) is 0 Å². The van der Waals surface area contributed by atoms with Gasteiger partial charge in [-0.1, -0.05) is 5.57 Å². The third-order valence-electron chi connectivity index (χ3n) is 1.92. The Labute approximate surface area is 89.7 Å². The van der Waals surface area contributed by atoms with Gasteiger partial charge in [0.25, 0.3) is 5.91 Å². The minimum Gasteiger partial charge on any atom is -0.351 e. The van der Waals surface area contributed by atoms with Gasteiger partial charge in [-0.3, -0.25) is 15.1 Å². The number of hydrazine groups is 1. The van der Waals surface area contributed by atoms with Crippen molar-refractivity contribution in [2.24, 2.45) is 0 Å². The van der Waals surface area contributed by atoms with Gasteiger partial charge in [0.2, 0.25) is 0 Å². The highest BCUT2D eigenvalue weighted by Crippen LogP contribution is 2.11. The molecule has 5 heteroatoms. The first-order valence-corrected chi connectivity index (χ1v) is 5.15. The van der Waals surface area contributed by atoms with Crippen LogP contribution in [0.4, 0.5) is 0 Å². The number of allylic oxidation sites excluding steroid dienone is 1. The standard InChI is InChI=1S/C10H18N2O3/c1-8(2)7-9(13)11-12-15-10-5-3-4-6-14-10/h7,10,12H,3-6H2,1-2H3,(H,11,13). The summed E-state index contributed by atoms with van der Waals surface area (Å²) in [5.74, 6) is -0.231. The highest BCUT2D eigenvalue weighted by atomic mass is 16.8. The summed E-state index contributed by atoms with van der Waals surface area (Å²) >= 11 is 0. The maximum atomic E-state index is 11.1. The molecular formula is C10H18N2O3. The normalized spacial score (nSPS) is 20.8. The average Bonchev–Trinajstić information content (AvgIpc) is 2.18. The summed E-state index contributed by atoms with van der Waals surface area (Å²) in [7, 11) is 0. The molecule has 1 unspecified atom stereocenters. The first-order valence-electron chi connectivity index (χ1n) is 5.15. The molecule has 1 amide bonds. The van der Waals surface area contributed by atoms with Crippen LogP contribution in [-0.2, 0) is 14.4 Å². The van der Waals surface area contributed by atoms with Gasteiger partial charge in [0.15, 0.2) is 6.29 Å². The second-order valence-corrected chi connectivity index (χ2v) is 3.73. The van der Waals surface area contributed by atoms with Gasteiger partial charge in [-0.25, -0.2) is 0 Å². The number of hydrogen-bond donors (Lipinski definition) is 2. The minimum absolute atomic E-state index is 0.231. The van der Waals surface area contributed by atoms with Crippen molar-refractivity contribution >= 4 is 5.91 Å². The maximum absolute atomic E-state index is 11.1. The molecule has 1 rings (SSSR count). The van der Waals surface area contributed by atoms with E-state index in [1.807, 2.05) is 13.8 Å². The topological polar surface area (TPSA) is 59.6 Å². The predicted octanol–water partition coefficient (Wildman–Crippen LogP) is 1.03. The first-order chi connectivity index (χ1) is 7.18. The van der Waals surface area contributed by atoms with Crippen LogP contribution in [0.3, 0.4) is 0 Å². The Morgan fingerprint density at radius 2 is 2.27 bits per heavy atom. The number of amides is 1. The Morgan fingerprint density at radius 3 is 2.87 bits per heavy atom. The van der Waals surface area contributed by atoms with Gasteiger partial charge in [-0.15, -0.1) is 5.59 Å². The minimum atomic E-state index is -0.259. The van der Waals surface area contributed by atoms with E-state index in [-0.39, 0.29) is 12.2 Å². The van der Waals surface area contributed by atoms with Crippen molar-refractivity contribution in [1.82, 2.24) is 11.0 Å². The zero-order valence-corrected chi connectivity index (χ0v) is 9.21. The van der Waals surface area contributed by atoms with E-state index in [0.29, 0.717) is 6.61 Å². The lowest BCUT2D eigenvalue weighted by Gasteiger charge is -2.22. The van der Waals surface area contributed by atoms with Crippen LogP contribution in [0.2, 0.25) is 0 Å². The summed E-state index contributed by atoms with van der Waals surface area (Å²) in [5, 5.41) is 0. The molecule has 0 aromatic rings. The van der Waals surface area contributed by atoms with Gasteiger partial charge in [0.1, 0.15) is 0 Å². The molecule has 0 spiro atoms. The van der Waals surface area contributed by atoms with Crippen LogP contribution in [0.1, 0.15) is 33.1 Å².